The first kappa shape index (κ1) is 10.2. The molecular weight excluding hydrogens is 230 g/mol. The summed E-state index contributed by atoms with van der Waals surface area (Å²) in [5.41, 5.74) is 0.908. The average Bonchev–Trinajstić information content (AvgIpc) is 2.21. The number of alkyl halides is 1. The van der Waals surface area contributed by atoms with Gasteiger partial charge in [0.25, 0.3) is 0 Å². The first-order chi connectivity index (χ1) is 6.38. The monoisotopic (exact) mass is 239 g/mol. The van der Waals surface area contributed by atoms with E-state index in [1.165, 1.54) is 0 Å². The normalized spacial score (nSPS) is 12.0. The maximum Gasteiger partial charge on any atom is 0.169 e. The summed E-state index contributed by atoms with van der Waals surface area (Å²) in [6.45, 7) is 0.549. The van der Waals surface area contributed by atoms with Crippen LogP contribution in [0, 0.1) is 11.3 Å². The van der Waals surface area contributed by atoms with Crippen LogP contribution in [0.15, 0.2) is 30.3 Å². The standard InChI is InChI=1S/C10H10BrNO/c11-6-7-13-10(8-12)9-4-2-1-3-5-9/h1-5,10H,6-7H2. The van der Waals surface area contributed by atoms with Crippen LogP contribution >= 0.6 is 15.9 Å². The Balaban J connectivity index is 2.63. The second kappa shape index (κ2) is 5.74. The van der Waals surface area contributed by atoms with Gasteiger partial charge in [0.05, 0.1) is 12.7 Å². The average molecular weight is 240 g/mol. The summed E-state index contributed by atoms with van der Waals surface area (Å²) in [4.78, 5) is 0. The van der Waals surface area contributed by atoms with E-state index in [0.717, 1.165) is 10.9 Å². The van der Waals surface area contributed by atoms with Crippen LogP contribution in [0.5, 0.6) is 0 Å². The third-order valence-electron chi connectivity index (χ3n) is 1.58. The van der Waals surface area contributed by atoms with Crippen LogP contribution in [0.1, 0.15) is 11.7 Å². The van der Waals surface area contributed by atoms with Gasteiger partial charge >= 0.3 is 0 Å². The van der Waals surface area contributed by atoms with E-state index in [1.807, 2.05) is 30.3 Å². The van der Waals surface area contributed by atoms with E-state index in [2.05, 4.69) is 22.0 Å². The van der Waals surface area contributed by atoms with Crippen molar-refractivity contribution >= 4 is 15.9 Å². The third-order valence-corrected chi connectivity index (χ3v) is 1.90. The lowest BCUT2D eigenvalue weighted by Crippen LogP contribution is -2.03. The molecule has 0 aliphatic carbocycles. The molecule has 1 unspecified atom stereocenters. The highest BCUT2D eigenvalue weighted by Gasteiger charge is 2.08. The van der Waals surface area contributed by atoms with Crippen LogP contribution < -0.4 is 0 Å². The summed E-state index contributed by atoms with van der Waals surface area (Å²) in [7, 11) is 0. The van der Waals surface area contributed by atoms with Gasteiger partial charge < -0.3 is 4.74 Å². The minimum atomic E-state index is -0.446. The largest absolute Gasteiger partial charge is 0.358 e. The molecule has 1 aromatic rings. The highest BCUT2D eigenvalue weighted by molar-refractivity contribution is 9.09. The molecule has 0 fully saturated rings. The third kappa shape index (κ3) is 3.17. The number of rotatable bonds is 4. The predicted octanol–water partition coefficient (Wildman–Crippen LogP) is 2.66. The van der Waals surface area contributed by atoms with Crippen molar-refractivity contribution in [3.05, 3.63) is 35.9 Å². The van der Waals surface area contributed by atoms with E-state index in [4.69, 9.17) is 10.00 Å². The second-order valence-corrected chi connectivity index (χ2v) is 3.27. The van der Waals surface area contributed by atoms with E-state index >= 15 is 0 Å². The highest BCUT2D eigenvalue weighted by atomic mass is 79.9. The minimum absolute atomic E-state index is 0.446. The van der Waals surface area contributed by atoms with Gasteiger partial charge in [0.2, 0.25) is 0 Å². The molecule has 2 nitrogen and oxygen atoms in total. The molecule has 0 radical (unpaired) electrons. The number of halogens is 1. The Bertz CT molecular complexity index is 281. The van der Waals surface area contributed by atoms with E-state index in [-0.39, 0.29) is 0 Å². The fraction of sp³-hybridized carbons (Fsp3) is 0.300. The lowest BCUT2D eigenvalue weighted by molar-refractivity contribution is 0.105. The zero-order valence-electron chi connectivity index (χ0n) is 7.11. The van der Waals surface area contributed by atoms with Crippen LogP contribution in [0.2, 0.25) is 0 Å². The van der Waals surface area contributed by atoms with Gasteiger partial charge in [-0.2, -0.15) is 5.26 Å². The molecule has 0 aliphatic heterocycles. The van der Waals surface area contributed by atoms with Crippen molar-refractivity contribution < 1.29 is 4.74 Å². The first-order valence-electron chi connectivity index (χ1n) is 4.00. The summed E-state index contributed by atoms with van der Waals surface area (Å²) < 4.78 is 5.32. The summed E-state index contributed by atoms with van der Waals surface area (Å²) in [5.74, 6) is 0. The van der Waals surface area contributed by atoms with Crippen molar-refractivity contribution in [3.63, 3.8) is 0 Å². The van der Waals surface area contributed by atoms with Crippen LogP contribution in [0.3, 0.4) is 0 Å². The topological polar surface area (TPSA) is 33.0 Å². The Labute approximate surface area is 86.3 Å². The molecule has 0 spiro atoms. The van der Waals surface area contributed by atoms with E-state index in [9.17, 15) is 0 Å². The van der Waals surface area contributed by atoms with Crippen molar-refractivity contribution in [1.82, 2.24) is 0 Å². The smallest absolute Gasteiger partial charge is 0.169 e. The highest BCUT2D eigenvalue weighted by Crippen LogP contribution is 2.15. The number of ether oxygens (including phenoxy) is 1. The van der Waals surface area contributed by atoms with Gasteiger partial charge in [-0.1, -0.05) is 46.3 Å². The van der Waals surface area contributed by atoms with Gasteiger partial charge in [-0.15, -0.1) is 0 Å². The van der Waals surface area contributed by atoms with E-state index in [1.54, 1.807) is 0 Å². The molecule has 0 saturated carbocycles. The lowest BCUT2D eigenvalue weighted by atomic mass is 10.1. The van der Waals surface area contributed by atoms with Crippen molar-refractivity contribution in [2.45, 2.75) is 6.10 Å². The Kier molecular flexibility index (Phi) is 4.52. The first-order valence-corrected chi connectivity index (χ1v) is 5.12. The van der Waals surface area contributed by atoms with Crippen molar-refractivity contribution in [2.75, 3.05) is 11.9 Å². The maximum atomic E-state index is 8.82. The van der Waals surface area contributed by atoms with Crippen LogP contribution in [0.4, 0.5) is 0 Å². The van der Waals surface area contributed by atoms with Gasteiger partial charge in [0.1, 0.15) is 0 Å². The molecule has 1 atom stereocenters. The minimum Gasteiger partial charge on any atom is -0.358 e. The SMILES string of the molecule is N#CC(OCCBr)c1ccccc1. The number of hydrogen-bond donors (Lipinski definition) is 0. The molecule has 0 N–H and O–H groups in total. The number of nitrogens with zero attached hydrogens (tertiary/aromatic N) is 1. The fourth-order valence-electron chi connectivity index (χ4n) is 0.998. The van der Waals surface area contributed by atoms with Crippen LogP contribution in [-0.2, 0) is 4.74 Å². The quantitative estimate of drug-likeness (QED) is 0.758. The summed E-state index contributed by atoms with van der Waals surface area (Å²) >= 11 is 3.25. The summed E-state index contributed by atoms with van der Waals surface area (Å²) in [6.07, 6.45) is -0.446. The summed E-state index contributed by atoms with van der Waals surface area (Å²) in [5, 5.41) is 9.56. The molecule has 0 amide bonds. The van der Waals surface area contributed by atoms with E-state index in [0.29, 0.717) is 6.61 Å². The predicted molar refractivity (Wildman–Crippen MR) is 54.5 cm³/mol. The Morgan fingerprint density at radius 3 is 2.62 bits per heavy atom. The maximum absolute atomic E-state index is 8.82. The van der Waals surface area contributed by atoms with Gasteiger partial charge in [-0.25, -0.2) is 0 Å². The van der Waals surface area contributed by atoms with Gasteiger partial charge in [-0.05, 0) is 5.56 Å². The van der Waals surface area contributed by atoms with Gasteiger partial charge in [0, 0.05) is 5.33 Å². The molecular formula is C10H10BrNO. The van der Waals surface area contributed by atoms with Crippen LogP contribution in [-0.4, -0.2) is 11.9 Å². The number of nitriles is 1. The molecule has 0 saturated heterocycles. The van der Waals surface area contributed by atoms with Gasteiger partial charge in [0.15, 0.2) is 6.10 Å². The Morgan fingerprint density at radius 1 is 1.38 bits per heavy atom. The molecule has 0 aromatic heterocycles. The second-order valence-electron chi connectivity index (χ2n) is 2.48. The molecule has 0 aliphatic rings. The van der Waals surface area contributed by atoms with E-state index < -0.39 is 6.10 Å². The zero-order valence-corrected chi connectivity index (χ0v) is 8.70. The molecule has 0 heterocycles. The Morgan fingerprint density at radius 2 is 2.08 bits per heavy atom. The number of hydrogen-bond acceptors (Lipinski definition) is 2. The fourth-order valence-corrected chi connectivity index (χ4v) is 1.19. The Hall–Kier alpha value is -0.850. The van der Waals surface area contributed by atoms with Crippen LogP contribution in [0.25, 0.3) is 0 Å². The molecule has 1 aromatic carbocycles. The number of benzene rings is 1. The van der Waals surface area contributed by atoms with Gasteiger partial charge in [-0.3, -0.25) is 0 Å². The molecule has 0 bridgehead atoms. The molecule has 13 heavy (non-hydrogen) atoms. The van der Waals surface area contributed by atoms with Crippen molar-refractivity contribution in [2.24, 2.45) is 0 Å². The molecule has 68 valence electrons. The lowest BCUT2D eigenvalue weighted by Gasteiger charge is -2.08. The molecule has 1 rings (SSSR count). The zero-order chi connectivity index (χ0) is 9.52. The molecule has 3 heteroatoms. The van der Waals surface area contributed by atoms with Crippen molar-refractivity contribution in [1.29, 1.82) is 5.26 Å². The van der Waals surface area contributed by atoms with Crippen molar-refractivity contribution in [3.8, 4) is 6.07 Å². The summed E-state index contributed by atoms with van der Waals surface area (Å²) in [6, 6.07) is 11.6.